The number of pyridine rings is 1. The van der Waals surface area contributed by atoms with Gasteiger partial charge in [0.15, 0.2) is 11.5 Å². The standard InChI is InChI=1S/C26H22N4O3/c31-25(28-17-19-10-12-27-13-11-19)9-7-21-18-30(22-4-2-1-3-5-22)29-26(21)20-6-8-23-24(16-20)33-15-14-32-23/h1-13,16,18H,14-15,17H2,(H,28,31)/b9-7+. The fourth-order valence-corrected chi connectivity index (χ4v) is 3.55. The van der Waals surface area contributed by atoms with Crippen molar-refractivity contribution in [3.05, 3.63) is 96.5 Å². The smallest absolute Gasteiger partial charge is 0.244 e. The Labute approximate surface area is 191 Å². The zero-order chi connectivity index (χ0) is 22.5. The molecule has 0 fully saturated rings. The van der Waals surface area contributed by atoms with Crippen LogP contribution in [-0.2, 0) is 11.3 Å². The minimum Gasteiger partial charge on any atom is -0.486 e. The van der Waals surface area contributed by atoms with E-state index in [4.69, 9.17) is 14.6 Å². The van der Waals surface area contributed by atoms with Crippen LogP contribution in [0.2, 0.25) is 0 Å². The Balaban J connectivity index is 1.43. The summed E-state index contributed by atoms with van der Waals surface area (Å²) in [5, 5.41) is 7.69. The third-order valence-electron chi connectivity index (χ3n) is 5.21. The van der Waals surface area contributed by atoms with Crippen LogP contribution in [0.25, 0.3) is 23.0 Å². The molecule has 0 unspecified atom stereocenters. The van der Waals surface area contributed by atoms with Crippen molar-refractivity contribution in [2.24, 2.45) is 0 Å². The largest absolute Gasteiger partial charge is 0.486 e. The molecular weight excluding hydrogens is 416 g/mol. The van der Waals surface area contributed by atoms with E-state index < -0.39 is 0 Å². The first-order valence-corrected chi connectivity index (χ1v) is 10.7. The molecule has 2 aromatic heterocycles. The van der Waals surface area contributed by atoms with Gasteiger partial charge < -0.3 is 14.8 Å². The van der Waals surface area contributed by atoms with Crippen LogP contribution >= 0.6 is 0 Å². The quantitative estimate of drug-likeness (QED) is 0.460. The fourth-order valence-electron chi connectivity index (χ4n) is 3.55. The lowest BCUT2D eigenvalue weighted by atomic mass is 10.1. The lowest BCUT2D eigenvalue weighted by molar-refractivity contribution is -0.116. The van der Waals surface area contributed by atoms with Crippen LogP contribution in [0.3, 0.4) is 0 Å². The average Bonchev–Trinajstić information content (AvgIpc) is 3.31. The Morgan fingerprint density at radius 2 is 1.79 bits per heavy atom. The minimum atomic E-state index is -0.188. The molecule has 164 valence electrons. The van der Waals surface area contributed by atoms with Crippen molar-refractivity contribution >= 4 is 12.0 Å². The molecule has 33 heavy (non-hydrogen) atoms. The van der Waals surface area contributed by atoms with E-state index in [-0.39, 0.29) is 5.91 Å². The number of hydrogen-bond donors (Lipinski definition) is 1. The van der Waals surface area contributed by atoms with Gasteiger partial charge in [-0.25, -0.2) is 4.68 Å². The number of nitrogens with one attached hydrogen (secondary N) is 1. The molecule has 0 saturated carbocycles. The number of amides is 1. The summed E-state index contributed by atoms with van der Waals surface area (Å²) < 4.78 is 13.2. The summed E-state index contributed by atoms with van der Waals surface area (Å²) in [6, 6.07) is 19.3. The lowest BCUT2D eigenvalue weighted by Crippen LogP contribution is -2.20. The number of carbonyl (C=O) groups is 1. The zero-order valence-electron chi connectivity index (χ0n) is 17.8. The first-order chi connectivity index (χ1) is 16.3. The fraction of sp³-hybridized carbons (Fsp3) is 0.115. The summed E-state index contributed by atoms with van der Waals surface area (Å²) in [4.78, 5) is 16.4. The second-order valence-corrected chi connectivity index (χ2v) is 7.48. The van der Waals surface area contributed by atoms with Crippen molar-refractivity contribution in [2.45, 2.75) is 6.54 Å². The number of hydrogen-bond acceptors (Lipinski definition) is 5. The number of carbonyl (C=O) groups excluding carboxylic acids is 1. The van der Waals surface area contributed by atoms with E-state index in [0.717, 1.165) is 33.8 Å². The van der Waals surface area contributed by atoms with Crippen molar-refractivity contribution in [1.82, 2.24) is 20.1 Å². The van der Waals surface area contributed by atoms with Gasteiger partial charge in [0, 0.05) is 42.3 Å². The molecule has 0 saturated heterocycles. The van der Waals surface area contributed by atoms with Gasteiger partial charge in [-0.3, -0.25) is 9.78 Å². The number of fused-ring (bicyclic) bond motifs is 1. The Morgan fingerprint density at radius 1 is 1.00 bits per heavy atom. The highest BCUT2D eigenvalue weighted by atomic mass is 16.6. The molecule has 4 aromatic rings. The third-order valence-corrected chi connectivity index (χ3v) is 5.21. The number of benzene rings is 2. The molecule has 3 heterocycles. The second kappa shape index (κ2) is 9.40. The van der Waals surface area contributed by atoms with Gasteiger partial charge in [-0.15, -0.1) is 0 Å². The predicted molar refractivity (Wildman–Crippen MR) is 125 cm³/mol. The first kappa shape index (κ1) is 20.5. The highest BCUT2D eigenvalue weighted by molar-refractivity contribution is 5.92. The molecule has 7 heteroatoms. The summed E-state index contributed by atoms with van der Waals surface area (Å²) in [6.45, 7) is 1.49. The van der Waals surface area contributed by atoms with E-state index in [1.807, 2.05) is 66.9 Å². The van der Waals surface area contributed by atoms with Crippen LogP contribution in [0.15, 0.2) is 85.3 Å². The molecule has 0 radical (unpaired) electrons. The van der Waals surface area contributed by atoms with Crippen LogP contribution in [0.4, 0.5) is 0 Å². The minimum absolute atomic E-state index is 0.188. The second-order valence-electron chi connectivity index (χ2n) is 7.48. The van der Waals surface area contributed by atoms with E-state index in [9.17, 15) is 4.79 Å². The van der Waals surface area contributed by atoms with Crippen molar-refractivity contribution in [2.75, 3.05) is 13.2 Å². The summed E-state index contributed by atoms with van der Waals surface area (Å²) >= 11 is 0. The highest BCUT2D eigenvalue weighted by Crippen LogP contribution is 2.35. The molecule has 2 aromatic carbocycles. The predicted octanol–water partition coefficient (Wildman–Crippen LogP) is 4.04. The Hall–Kier alpha value is -4.39. The van der Waals surface area contributed by atoms with Crippen molar-refractivity contribution in [1.29, 1.82) is 0 Å². The van der Waals surface area contributed by atoms with Crippen LogP contribution in [-0.4, -0.2) is 33.9 Å². The molecule has 7 nitrogen and oxygen atoms in total. The van der Waals surface area contributed by atoms with Gasteiger partial charge in [-0.05, 0) is 54.1 Å². The van der Waals surface area contributed by atoms with E-state index >= 15 is 0 Å². The molecule has 0 bridgehead atoms. The Kier molecular flexibility index (Phi) is 5.84. The molecule has 1 N–H and O–H groups in total. The van der Waals surface area contributed by atoms with Crippen molar-refractivity contribution in [3.8, 4) is 28.4 Å². The molecular formula is C26H22N4O3. The van der Waals surface area contributed by atoms with Crippen LogP contribution in [0, 0.1) is 0 Å². The molecule has 1 aliphatic rings. The number of para-hydroxylation sites is 1. The highest BCUT2D eigenvalue weighted by Gasteiger charge is 2.16. The van der Waals surface area contributed by atoms with Crippen molar-refractivity contribution < 1.29 is 14.3 Å². The van der Waals surface area contributed by atoms with Gasteiger partial charge in [0.05, 0.1) is 5.69 Å². The third kappa shape index (κ3) is 4.77. The van der Waals surface area contributed by atoms with Crippen LogP contribution in [0.1, 0.15) is 11.1 Å². The van der Waals surface area contributed by atoms with Gasteiger partial charge in [0.25, 0.3) is 0 Å². The molecule has 5 rings (SSSR count). The molecule has 0 spiro atoms. The number of nitrogens with zero attached hydrogens (tertiary/aromatic N) is 3. The SMILES string of the molecule is O=C(/C=C/c1cn(-c2ccccc2)nc1-c1ccc2c(c1)OCCO2)NCc1ccncc1. The first-order valence-electron chi connectivity index (χ1n) is 10.7. The lowest BCUT2D eigenvalue weighted by Gasteiger charge is -2.18. The number of rotatable bonds is 6. The van der Waals surface area contributed by atoms with E-state index in [1.165, 1.54) is 6.08 Å². The summed E-state index contributed by atoms with van der Waals surface area (Å²) in [7, 11) is 0. The van der Waals surface area contributed by atoms with Gasteiger partial charge >= 0.3 is 0 Å². The van der Waals surface area contributed by atoms with Crippen molar-refractivity contribution in [3.63, 3.8) is 0 Å². The zero-order valence-corrected chi connectivity index (χ0v) is 17.8. The van der Waals surface area contributed by atoms with Gasteiger partial charge in [0.1, 0.15) is 18.9 Å². The number of ether oxygens (including phenoxy) is 2. The topological polar surface area (TPSA) is 78.3 Å². The Morgan fingerprint density at radius 3 is 2.61 bits per heavy atom. The maximum atomic E-state index is 12.4. The maximum absolute atomic E-state index is 12.4. The van der Waals surface area contributed by atoms with Crippen LogP contribution < -0.4 is 14.8 Å². The van der Waals surface area contributed by atoms with Gasteiger partial charge in [-0.1, -0.05) is 18.2 Å². The molecule has 1 amide bonds. The maximum Gasteiger partial charge on any atom is 0.244 e. The molecule has 0 aliphatic carbocycles. The summed E-state index contributed by atoms with van der Waals surface area (Å²) in [5.74, 6) is 1.23. The van der Waals surface area contributed by atoms with E-state index in [0.29, 0.717) is 25.5 Å². The normalized spacial score (nSPS) is 12.6. The molecule has 0 atom stereocenters. The average molecular weight is 438 g/mol. The molecule has 1 aliphatic heterocycles. The van der Waals surface area contributed by atoms with E-state index in [2.05, 4.69) is 10.3 Å². The van der Waals surface area contributed by atoms with Gasteiger partial charge in [-0.2, -0.15) is 5.10 Å². The van der Waals surface area contributed by atoms with E-state index in [1.54, 1.807) is 23.2 Å². The van der Waals surface area contributed by atoms with Gasteiger partial charge in [0.2, 0.25) is 5.91 Å². The monoisotopic (exact) mass is 438 g/mol. The summed E-state index contributed by atoms with van der Waals surface area (Å²) in [5.41, 5.74) is 4.35. The Bertz CT molecular complexity index is 1280. The number of aromatic nitrogens is 3. The summed E-state index contributed by atoms with van der Waals surface area (Å²) in [6.07, 6.45) is 8.62. The van der Waals surface area contributed by atoms with Crippen LogP contribution in [0.5, 0.6) is 11.5 Å².